The first-order valence-corrected chi connectivity index (χ1v) is 7.08. The molecule has 0 radical (unpaired) electrons. The zero-order valence-electron chi connectivity index (χ0n) is 10.0. The first-order chi connectivity index (χ1) is 9.58. The van der Waals surface area contributed by atoms with Gasteiger partial charge in [0.15, 0.2) is 0 Å². The van der Waals surface area contributed by atoms with E-state index in [-0.39, 0.29) is 11.7 Å². The number of carbonyl (C=O) groups is 1. The summed E-state index contributed by atoms with van der Waals surface area (Å²) in [4.78, 5) is 15.5. The van der Waals surface area contributed by atoms with Crippen molar-refractivity contribution in [3.63, 3.8) is 0 Å². The van der Waals surface area contributed by atoms with Gasteiger partial charge in [-0.1, -0.05) is 15.9 Å². The molecule has 0 aliphatic heterocycles. The van der Waals surface area contributed by atoms with E-state index in [0.717, 1.165) is 4.47 Å². The van der Waals surface area contributed by atoms with Crippen LogP contribution in [0.25, 0.3) is 0 Å². The molecule has 1 aromatic carbocycles. The van der Waals surface area contributed by atoms with E-state index < -0.39 is 0 Å². The van der Waals surface area contributed by atoms with Gasteiger partial charge in [-0.15, -0.1) is 0 Å². The van der Waals surface area contributed by atoms with Crippen LogP contribution < -0.4 is 5.43 Å². The Kier molecular flexibility index (Phi) is 4.86. The summed E-state index contributed by atoms with van der Waals surface area (Å²) in [7, 11) is 0. The fourth-order valence-electron chi connectivity index (χ4n) is 1.38. The van der Waals surface area contributed by atoms with Gasteiger partial charge in [0.1, 0.15) is 5.75 Å². The van der Waals surface area contributed by atoms with E-state index in [2.05, 4.69) is 47.4 Å². The van der Waals surface area contributed by atoms with Crippen molar-refractivity contribution in [3.8, 4) is 5.75 Å². The molecule has 0 bridgehead atoms. The van der Waals surface area contributed by atoms with Crippen molar-refractivity contribution in [1.82, 2.24) is 10.4 Å². The molecule has 0 unspecified atom stereocenters. The van der Waals surface area contributed by atoms with E-state index in [9.17, 15) is 9.90 Å². The van der Waals surface area contributed by atoms with Crippen molar-refractivity contribution in [1.29, 1.82) is 0 Å². The fraction of sp³-hybridized carbons (Fsp3) is 0. The molecule has 0 saturated carbocycles. The number of nitrogens with zero attached hydrogens (tertiary/aromatic N) is 2. The lowest BCUT2D eigenvalue weighted by Gasteiger charge is -2.02. The highest BCUT2D eigenvalue weighted by Crippen LogP contribution is 2.29. The Balaban J connectivity index is 2.08. The highest BCUT2D eigenvalue weighted by atomic mass is 79.9. The van der Waals surface area contributed by atoms with Gasteiger partial charge in [-0.25, -0.2) is 5.43 Å². The quantitative estimate of drug-likeness (QED) is 0.616. The van der Waals surface area contributed by atoms with Crippen LogP contribution in [0.5, 0.6) is 5.75 Å². The average molecular weight is 399 g/mol. The van der Waals surface area contributed by atoms with Crippen LogP contribution in [0.15, 0.2) is 50.7 Å². The topological polar surface area (TPSA) is 74.6 Å². The monoisotopic (exact) mass is 397 g/mol. The normalized spacial score (nSPS) is 10.7. The third-order valence-electron chi connectivity index (χ3n) is 2.38. The van der Waals surface area contributed by atoms with Crippen LogP contribution in [0, 0.1) is 0 Å². The standard InChI is InChI=1S/C13H9Br2N3O2/c14-10-6-11(15)12(19)5-9(10)7-17-18-13(20)8-1-3-16-4-2-8/h1-7,19H,(H,18,20)/b17-7+. The number of carbonyl (C=O) groups excluding carboxylic acids is 1. The van der Waals surface area contributed by atoms with E-state index in [4.69, 9.17) is 0 Å². The van der Waals surface area contributed by atoms with Gasteiger partial charge in [0.25, 0.3) is 5.91 Å². The fourth-order valence-corrected chi connectivity index (χ4v) is 2.48. The third kappa shape index (κ3) is 3.64. The summed E-state index contributed by atoms with van der Waals surface area (Å²) in [6, 6.07) is 6.40. The molecule has 2 N–H and O–H groups in total. The van der Waals surface area contributed by atoms with Gasteiger partial charge in [-0.2, -0.15) is 5.10 Å². The molecule has 7 heteroatoms. The summed E-state index contributed by atoms with van der Waals surface area (Å²) >= 11 is 6.54. The number of amides is 1. The maximum atomic E-state index is 11.7. The molecule has 0 spiro atoms. The number of phenolic OH excluding ortho intramolecular Hbond substituents is 1. The van der Waals surface area contributed by atoms with Crippen molar-refractivity contribution in [3.05, 3.63) is 56.7 Å². The van der Waals surface area contributed by atoms with E-state index in [1.165, 1.54) is 24.7 Å². The van der Waals surface area contributed by atoms with Crippen LogP contribution >= 0.6 is 31.9 Å². The smallest absolute Gasteiger partial charge is 0.271 e. The van der Waals surface area contributed by atoms with Gasteiger partial charge in [-0.05, 0) is 40.2 Å². The molecule has 0 saturated heterocycles. The number of hydrogen-bond donors (Lipinski definition) is 2. The summed E-state index contributed by atoms with van der Waals surface area (Å²) in [5.74, 6) is -0.240. The van der Waals surface area contributed by atoms with E-state index >= 15 is 0 Å². The van der Waals surface area contributed by atoms with Crippen molar-refractivity contribution in [2.75, 3.05) is 0 Å². The molecule has 20 heavy (non-hydrogen) atoms. The number of phenols is 1. The van der Waals surface area contributed by atoms with Crippen molar-refractivity contribution < 1.29 is 9.90 Å². The number of pyridine rings is 1. The second kappa shape index (κ2) is 6.62. The molecule has 1 amide bonds. The van der Waals surface area contributed by atoms with Crippen LogP contribution in [-0.4, -0.2) is 22.2 Å². The highest BCUT2D eigenvalue weighted by molar-refractivity contribution is 9.11. The number of hydrogen-bond acceptors (Lipinski definition) is 4. The number of aromatic nitrogens is 1. The molecule has 0 aliphatic rings. The van der Waals surface area contributed by atoms with E-state index in [1.807, 2.05) is 0 Å². The van der Waals surface area contributed by atoms with E-state index in [1.54, 1.807) is 18.2 Å². The van der Waals surface area contributed by atoms with Gasteiger partial charge in [0, 0.05) is 28.0 Å². The number of aromatic hydroxyl groups is 1. The van der Waals surface area contributed by atoms with Crippen LogP contribution in [0.2, 0.25) is 0 Å². The van der Waals surface area contributed by atoms with Crippen LogP contribution in [-0.2, 0) is 0 Å². The van der Waals surface area contributed by atoms with Gasteiger partial charge < -0.3 is 5.11 Å². The lowest BCUT2D eigenvalue weighted by atomic mass is 10.2. The number of benzene rings is 1. The Labute approximate surface area is 132 Å². The largest absolute Gasteiger partial charge is 0.507 e. The molecule has 0 aliphatic carbocycles. The maximum absolute atomic E-state index is 11.7. The Morgan fingerprint density at radius 2 is 1.95 bits per heavy atom. The summed E-state index contributed by atoms with van der Waals surface area (Å²) in [6.45, 7) is 0. The SMILES string of the molecule is O=C(N/N=C/c1cc(O)c(Br)cc1Br)c1ccncc1. The Bertz CT molecular complexity index is 660. The number of halogens is 2. The van der Waals surface area contributed by atoms with E-state index in [0.29, 0.717) is 15.6 Å². The Hall–Kier alpha value is -1.73. The molecule has 1 heterocycles. The van der Waals surface area contributed by atoms with Crippen LogP contribution in [0.4, 0.5) is 0 Å². The molecule has 102 valence electrons. The van der Waals surface area contributed by atoms with Crippen molar-refractivity contribution in [2.24, 2.45) is 5.10 Å². The third-order valence-corrected chi connectivity index (χ3v) is 3.70. The predicted octanol–water partition coefficient (Wildman–Crippen LogP) is 3.08. The molecule has 5 nitrogen and oxygen atoms in total. The summed E-state index contributed by atoms with van der Waals surface area (Å²) in [5, 5.41) is 13.4. The molecule has 1 aromatic heterocycles. The Morgan fingerprint density at radius 1 is 1.25 bits per heavy atom. The lowest BCUT2D eigenvalue weighted by molar-refractivity contribution is 0.0955. The minimum atomic E-state index is -0.332. The molecule has 2 aromatic rings. The van der Waals surface area contributed by atoms with Crippen LogP contribution in [0.3, 0.4) is 0 Å². The minimum absolute atomic E-state index is 0.0927. The Morgan fingerprint density at radius 3 is 2.65 bits per heavy atom. The van der Waals surface area contributed by atoms with Gasteiger partial charge >= 0.3 is 0 Å². The zero-order chi connectivity index (χ0) is 14.5. The second-order valence-electron chi connectivity index (χ2n) is 3.76. The number of nitrogens with one attached hydrogen (secondary N) is 1. The van der Waals surface area contributed by atoms with Crippen molar-refractivity contribution >= 4 is 44.0 Å². The first kappa shape index (κ1) is 14.7. The maximum Gasteiger partial charge on any atom is 0.271 e. The summed E-state index contributed by atoms with van der Waals surface area (Å²) in [6.07, 6.45) is 4.50. The predicted molar refractivity (Wildman–Crippen MR) is 82.8 cm³/mol. The zero-order valence-corrected chi connectivity index (χ0v) is 13.2. The molecular formula is C13H9Br2N3O2. The highest BCUT2D eigenvalue weighted by Gasteiger charge is 2.05. The van der Waals surface area contributed by atoms with Gasteiger partial charge in [0.2, 0.25) is 0 Å². The summed E-state index contributed by atoms with van der Waals surface area (Å²) < 4.78 is 1.31. The first-order valence-electron chi connectivity index (χ1n) is 5.49. The van der Waals surface area contributed by atoms with Gasteiger partial charge in [-0.3, -0.25) is 9.78 Å². The number of rotatable bonds is 3. The summed E-state index contributed by atoms with van der Waals surface area (Å²) in [5.41, 5.74) is 3.50. The van der Waals surface area contributed by atoms with Crippen LogP contribution in [0.1, 0.15) is 15.9 Å². The average Bonchev–Trinajstić information content (AvgIpc) is 2.45. The molecule has 2 rings (SSSR count). The minimum Gasteiger partial charge on any atom is -0.507 e. The number of hydrazone groups is 1. The molecular weight excluding hydrogens is 390 g/mol. The van der Waals surface area contributed by atoms with Crippen molar-refractivity contribution in [2.45, 2.75) is 0 Å². The van der Waals surface area contributed by atoms with Gasteiger partial charge in [0.05, 0.1) is 10.7 Å². The molecule has 0 atom stereocenters. The second-order valence-corrected chi connectivity index (χ2v) is 5.47. The molecule has 0 fully saturated rings. The lowest BCUT2D eigenvalue weighted by Crippen LogP contribution is -2.17.